The number of anilines is 2. The number of hydrogen-bond acceptors (Lipinski definition) is 6. The molecular weight excluding hydrogens is 420 g/mol. The largest absolute Gasteiger partial charge is 0.384 e. The van der Waals surface area contributed by atoms with E-state index in [2.05, 4.69) is 47.3 Å². The summed E-state index contributed by atoms with van der Waals surface area (Å²) in [5, 5.41) is 8.36. The second-order valence-electron chi connectivity index (χ2n) is 7.36. The first-order chi connectivity index (χ1) is 15.6. The molecule has 0 aliphatic heterocycles. The van der Waals surface area contributed by atoms with Crippen molar-refractivity contribution in [1.82, 2.24) is 19.7 Å². The van der Waals surface area contributed by atoms with Crippen LogP contribution in [0, 0.1) is 13.8 Å². The van der Waals surface area contributed by atoms with E-state index in [9.17, 15) is 4.79 Å². The molecule has 4 aromatic rings. The smallest absolute Gasteiger partial charge is 0.213 e. The molecule has 0 saturated carbocycles. The van der Waals surface area contributed by atoms with Crippen molar-refractivity contribution >= 4 is 28.7 Å². The van der Waals surface area contributed by atoms with Crippen molar-refractivity contribution in [3.8, 4) is 27.5 Å². The number of fused-ring (bicyclic) bond motifs is 3. The summed E-state index contributed by atoms with van der Waals surface area (Å²) in [5.41, 5.74) is 14.2. The van der Waals surface area contributed by atoms with Crippen molar-refractivity contribution in [3.63, 3.8) is 0 Å². The average molecular weight is 447 g/mol. The third-order valence-corrected chi connectivity index (χ3v) is 6.44. The van der Waals surface area contributed by atoms with E-state index in [1.165, 1.54) is 11.3 Å². The molecule has 3 aromatic heterocycles. The van der Waals surface area contributed by atoms with Gasteiger partial charge in [0.1, 0.15) is 5.82 Å². The fourth-order valence-corrected chi connectivity index (χ4v) is 5.09. The number of nitrogens with two attached hydrogens (primary N) is 1. The SMILES string of the molecule is CC.Cc1cccc(C)c1-n1nc(-c2ccc(N)nc2)c2c1-c1sc(NC=O)nc1CC2. The standard InChI is InChI=1S/C22H20N6OS.C2H6/c1-12-4-3-5-13(2)19(12)28-20-15(18(27-28)14-6-9-17(23)24-10-14)7-8-16-21(20)30-22(26-16)25-11-29;1-2/h3-6,9-11H,7-8H2,1-2H3,(H2,23,24)(H,25,26,29);1-2H3. The van der Waals surface area contributed by atoms with Crippen molar-refractivity contribution in [2.24, 2.45) is 0 Å². The van der Waals surface area contributed by atoms with Crippen LogP contribution in [0.25, 0.3) is 27.5 Å². The molecule has 164 valence electrons. The summed E-state index contributed by atoms with van der Waals surface area (Å²) in [4.78, 5) is 20.9. The zero-order chi connectivity index (χ0) is 22.8. The van der Waals surface area contributed by atoms with Gasteiger partial charge in [0.25, 0.3) is 0 Å². The van der Waals surface area contributed by atoms with Crippen molar-refractivity contribution in [2.45, 2.75) is 40.5 Å². The fraction of sp³-hybridized carbons (Fsp3) is 0.250. The number of nitrogens with zero attached hydrogens (tertiary/aromatic N) is 4. The summed E-state index contributed by atoms with van der Waals surface area (Å²) in [6.45, 7) is 8.19. The lowest BCUT2D eigenvalue weighted by Gasteiger charge is -2.16. The van der Waals surface area contributed by atoms with Crippen molar-refractivity contribution in [1.29, 1.82) is 0 Å². The van der Waals surface area contributed by atoms with Crippen LogP contribution in [0.4, 0.5) is 10.9 Å². The van der Waals surface area contributed by atoms with Crippen LogP contribution in [-0.2, 0) is 17.6 Å². The molecule has 0 radical (unpaired) electrons. The first kappa shape index (κ1) is 21.7. The highest BCUT2D eigenvalue weighted by Gasteiger charge is 2.30. The number of amides is 1. The van der Waals surface area contributed by atoms with Crippen LogP contribution >= 0.6 is 11.3 Å². The molecule has 0 spiro atoms. The van der Waals surface area contributed by atoms with Gasteiger partial charge in [-0.1, -0.05) is 43.4 Å². The molecule has 5 rings (SSSR count). The van der Waals surface area contributed by atoms with Gasteiger partial charge in [-0.15, -0.1) is 0 Å². The number of nitrogens with one attached hydrogen (secondary N) is 1. The maximum atomic E-state index is 10.9. The molecule has 1 amide bonds. The quantitative estimate of drug-likeness (QED) is 0.432. The van der Waals surface area contributed by atoms with Gasteiger partial charge in [0, 0.05) is 17.3 Å². The Labute approximate surface area is 191 Å². The van der Waals surface area contributed by atoms with Gasteiger partial charge in [-0.3, -0.25) is 4.79 Å². The summed E-state index contributed by atoms with van der Waals surface area (Å²) in [6, 6.07) is 10.0. The zero-order valence-corrected chi connectivity index (χ0v) is 19.5. The highest BCUT2D eigenvalue weighted by Crippen LogP contribution is 2.44. The lowest BCUT2D eigenvalue weighted by molar-refractivity contribution is -0.105. The molecule has 0 unspecified atom stereocenters. The van der Waals surface area contributed by atoms with Crippen LogP contribution in [0.15, 0.2) is 36.5 Å². The second kappa shape index (κ2) is 8.92. The minimum Gasteiger partial charge on any atom is -0.384 e. The van der Waals surface area contributed by atoms with Crippen molar-refractivity contribution in [2.75, 3.05) is 11.1 Å². The number of para-hydroxylation sites is 1. The summed E-state index contributed by atoms with van der Waals surface area (Å²) >= 11 is 1.48. The van der Waals surface area contributed by atoms with Gasteiger partial charge >= 0.3 is 0 Å². The molecule has 8 heteroatoms. The predicted octanol–water partition coefficient (Wildman–Crippen LogP) is 4.95. The van der Waals surface area contributed by atoms with Crippen LogP contribution in [0.3, 0.4) is 0 Å². The normalized spacial score (nSPS) is 11.8. The number of nitrogen functional groups attached to an aromatic ring is 1. The molecule has 7 nitrogen and oxygen atoms in total. The van der Waals surface area contributed by atoms with Crippen molar-refractivity contribution in [3.05, 3.63) is 58.9 Å². The van der Waals surface area contributed by atoms with Gasteiger partial charge in [0.2, 0.25) is 6.41 Å². The lowest BCUT2D eigenvalue weighted by atomic mass is 9.95. The van der Waals surface area contributed by atoms with E-state index >= 15 is 0 Å². The first-order valence-electron chi connectivity index (χ1n) is 10.7. The highest BCUT2D eigenvalue weighted by molar-refractivity contribution is 7.19. The molecule has 3 heterocycles. The van der Waals surface area contributed by atoms with E-state index in [0.29, 0.717) is 17.4 Å². The Morgan fingerprint density at radius 3 is 2.53 bits per heavy atom. The van der Waals surface area contributed by atoms with Crippen LogP contribution in [-0.4, -0.2) is 26.2 Å². The first-order valence-corrected chi connectivity index (χ1v) is 11.5. The van der Waals surface area contributed by atoms with Crippen LogP contribution in [0.1, 0.15) is 36.2 Å². The molecule has 1 aromatic carbocycles. The number of benzene rings is 1. The zero-order valence-electron chi connectivity index (χ0n) is 18.6. The van der Waals surface area contributed by atoms with E-state index in [0.717, 1.165) is 62.7 Å². The minimum absolute atomic E-state index is 0.483. The molecule has 0 bridgehead atoms. The number of carbonyl (C=O) groups excluding carboxylic acids is 1. The number of aryl methyl sites for hydroxylation is 3. The van der Waals surface area contributed by atoms with Gasteiger partial charge < -0.3 is 11.1 Å². The van der Waals surface area contributed by atoms with Gasteiger partial charge in [0.15, 0.2) is 5.13 Å². The third-order valence-electron chi connectivity index (χ3n) is 5.40. The average Bonchev–Trinajstić information content (AvgIpc) is 3.37. The molecule has 0 atom stereocenters. The molecule has 1 aliphatic carbocycles. The van der Waals surface area contributed by atoms with E-state index in [4.69, 9.17) is 10.8 Å². The Hall–Kier alpha value is -3.52. The van der Waals surface area contributed by atoms with Crippen LogP contribution in [0.5, 0.6) is 0 Å². The Balaban J connectivity index is 0.00000119. The number of thiazole rings is 1. The second-order valence-corrected chi connectivity index (χ2v) is 8.36. The van der Waals surface area contributed by atoms with E-state index in [1.807, 2.05) is 24.6 Å². The minimum atomic E-state index is 0.483. The molecule has 0 fully saturated rings. The molecule has 0 saturated heterocycles. The number of carbonyl (C=O) groups is 1. The highest BCUT2D eigenvalue weighted by atomic mass is 32.1. The van der Waals surface area contributed by atoms with Gasteiger partial charge in [-0.05, 0) is 49.9 Å². The van der Waals surface area contributed by atoms with Gasteiger partial charge in [0.05, 0.1) is 27.6 Å². The predicted molar refractivity (Wildman–Crippen MR) is 130 cm³/mol. The molecule has 32 heavy (non-hydrogen) atoms. The maximum Gasteiger partial charge on any atom is 0.213 e. The van der Waals surface area contributed by atoms with E-state index in [1.54, 1.807) is 12.3 Å². The third kappa shape index (κ3) is 3.67. The monoisotopic (exact) mass is 446 g/mol. The Morgan fingerprint density at radius 2 is 1.88 bits per heavy atom. The molecule has 1 aliphatic rings. The summed E-state index contributed by atoms with van der Waals surface area (Å²) in [5.74, 6) is 0.483. The maximum absolute atomic E-state index is 10.9. The number of pyridine rings is 1. The molecular formula is C24H26N6OS. The number of rotatable bonds is 4. The van der Waals surface area contributed by atoms with Crippen LogP contribution in [0.2, 0.25) is 0 Å². The molecule has 3 N–H and O–H groups in total. The van der Waals surface area contributed by atoms with Gasteiger partial charge in [-0.25, -0.2) is 14.6 Å². The Morgan fingerprint density at radius 1 is 1.12 bits per heavy atom. The Bertz CT molecular complexity index is 1250. The van der Waals surface area contributed by atoms with Crippen LogP contribution < -0.4 is 11.1 Å². The number of hydrogen-bond donors (Lipinski definition) is 2. The Kier molecular flexibility index (Phi) is 6.05. The van der Waals surface area contributed by atoms with E-state index in [-0.39, 0.29) is 0 Å². The topological polar surface area (TPSA) is 98.7 Å². The summed E-state index contributed by atoms with van der Waals surface area (Å²) in [6.07, 6.45) is 4.05. The van der Waals surface area contributed by atoms with Gasteiger partial charge in [-0.2, -0.15) is 5.10 Å². The fourth-order valence-electron chi connectivity index (χ4n) is 4.06. The van der Waals surface area contributed by atoms with E-state index < -0.39 is 0 Å². The van der Waals surface area contributed by atoms with Crippen molar-refractivity contribution < 1.29 is 4.79 Å². The lowest BCUT2D eigenvalue weighted by Crippen LogP contribution is -2.08. The summed E-state index contributed by atoms with van der Waals surface area (Å²) < 4.78 is 2.03. The number of aromatic nitrogens is 4. The summed E-state index contributed by atoms with van der Waals surface area (Å²) in [7, 11) is 0.